The van der Waals surface area contributed by atoms with Crippen molar-refractivity contribution in [1.82, 2.24) is 15.0 Å². The van der Waals surface area contributed by atoms with Gasteiger partial charge in [-0.05, 0) is 52.1 Å². The highest BCUT2D eigenvalue weighted by molar-refractivity contribution is 5.90. The zero-order valence-corrected chi connectivity index (χ0v) is 27.0. The molecule has 50 heavy (non-hydrogen) atoms. The number of para-hydroxylation sites is 2. The molecule has 3 heterocycles. The van der Waals surface area contributed by atoms with Crippen LogP contribution < -0.4 is 4.74 Å². The maximum atomic E-state index is 6.89. The molecular formula is C46H29N3O. The summed E-state index contributed by atoms with van der Waals surface area (Å²) in [6, 6.07) is 59.3. The van der Waals surface area contributed by atoms with Crippen molar-refractivity contribution in [1.29, 1.82) is 0 Å². The smallest absolute Gasteiger partial charge is 0.160 e. The van der Waals surface area contributed by atoms with Gasteiger partial charge in [-0.15, -0.1) is 0 Å². The van der Waals surface area contributed by atoms with Crippen LogP contribution in [0.2, 0.25) is 0 Å². The summed E-state index contributed by atoms with van der Waals surface area (Å²) in [6.45, 7) is 0. The molecule has 234 valence electrons. The second-order valence-electron chi connectivity index (χ2n) is 12.7. The lowest BCUT2D eigenvalue weighted by molar-refractivity contribution is 0.438. The van der Waals surface area contributed by atoms with Crippen LogP contribution in [0.25, 0.3) is 56.3 Å². The Labute approximate surface area is 290 Å². The van der Waals surface area contributed by atoms with Crippen molar-refractivity contribution in [3.8, 4) is 67.8 Å². The lowest BCUT2D eigenvalue weighted by Crippen LogP contribution is -2.32. The Morgan fingerprint density at radius 3 is 1.74 bits per heavy atom. The number of rotatable bonds is 4. The first kappa shape index (κ1) is 28.4. The average Bonchev–Trinajstić information content (AvgIpc) is 3.49. The van der Waals surface area contributed by atoms with Gasteiger partial charge in [0.1, 0.15) is 11.5 Å². The van der Waals surface area contributed by atoms with Gasteiger partial charge < -0.3 is 4.74 Å². The van der Waals surface area contributed by atoms with Gasteiger partial charge in [0.15, 0.2) is 5.82 Å². The molecule has 1 aliphatic heterocycles. The van der Waals surface area contributed by atoms with E-state index in [1.165, 1.54) is 22.3 Å². The van der Waals surface area contributed by atoms with Crippen molar-refractivity contribution < 1.29 is 4.74 Å². The number of hydrogen-bond acceptors (Lipinski definition) is 4. The molecule has 0 saturated heterocycles. The van der Waals surface area contributed by atoms with Crippen LogP contribution in [-0.2, 0) is 5.41 Å². The van der Waals surface area contributed by atoms with Crippen LogP contribution in [0.1, 0.15) is 22.3 Å². The van der Waals surface area contributed by atoms with Crippen molar-refractivity contribution in [2.24, 2.45) is 0 Å². The van der Waals surface area contributed by atoms with E-state index in [1.54, 1.807) is 6.20 Å². The molecule has 0 amide bonds. The van der Waals surface area contributed by atoms with E-state index in [0.717, 1.165) is 62.0 Å². The highest BCUT2D eigenvalue weighted by atomic mass is 16.5. The molecule has 0 N–H and O–H groups in total. The second kappa shape index (κ2) is 11.2. The van der Waals surface area contributed by atoms with Crippen molar-refractivity contribution in [2.75, 3.05) is 0 Å². The minimum Gasteiger partial charge on any atom is -0.456 e. The summed E-state index contributed by atoms with van der Waals surface area (Å²) in [5.74, 6) is 2.41. The van der Waals surface area contributed by atoms with Gasteiger partial charge in [-0.3, -0.25) is 4.98 Å². The Hall–Kier alpha value is -6.65. The largest absolute Gasteiger partial charge is 0.456 e. The summed E-state index contributed by atoms with van der Waals surface area (Å²) >= 11 is 0. The van der Waals surface area contributed by atoms with Gasteiger partial charge >= 0.3 is 0 Å². The van der Waals surface area contributed by atoms with Gasteiger partial charge in [0.05, 0.1) is 22.5 Å². The Balaban J connectivity index is 1.13. The van der Waals surface area contributed by atoms with Crippen LogP contribution in [0.15, 0.2) is 176 Å². The summed E-state index contributed by atoms with van der Waals surface area (Å²) in [6.07, 6.45) is 1.79. The van der Waals surface area contributed by atoms with Crippen LogP contribution in [0, 0.1) is 0 Å². The molecule has 0 atom stereocenters. The minimum atomic E-state index is -0.499. The summed E-state index contributed by atoms with van der Waals surface area (Å²) in [7, 11) is 0. The van der Waals surface area contributed by atoms with E-state index in [4.69, 9.17) is 14.7 Å². The molecule has 0 radical (unpaired) electrons. The normalized spacial score (nSPS) is 13.1. The van der Waals surface area contributed by atoms with E-state index in [1.807, 2.05) is 42.5 Å². The highest BCUT2D eigenvalue weighted by Gasteiger charge is 2.51. The van der Waals surface area contributed by atoms with Gasteiger partial charge in [0, 0.05) is 34.0 Å². The third-order valence-corrected chi connectivity index (χ3v) is 10.1. The molecular weight excluding hydrogens is 611 g/mol. The number of fused-ring (bicyclic) bond motifs is 9. The fourth-order valence-electron chi connectivity index (χ4n) is 7.88. The van der Waals surface area contributed by atoms with E-state index >= 15 is 0 Å². The summed E-state index contributed by atoms with van der Waals surface area (Å²) in [5, 5.41) is 0. The van der Waals surface area contributed by atoms with E-state index in [0.29, 0.717) is 5.82 Å². The van der Waals surface area contributed by atoms with Crippen LogP contribution in [0.4, 0.5) is 0 Å². The zero-order chi connectivity index (χ0) is 33.1. The first-order valence-corrected chi connectivity index (χ1v) is 16.9. The first-order valence-electron chi connectivity index (χ1n) is 16.9. The predicted molar refractivity (Wildman–Crippen MR) is 199 cm³/mol. The quantitative estimate of drug-likeness (QED) is 0.192. The maximum absolute atomic E-state index is 6.89. The van der Waals surface area contributed by atoms with E-state index in [-0.39, 0.29) is 0 Å². The van der Waals surface area contributed by atoms with E-state index < -0.39 is 5.41 Å². The van der Waals surface area contributed by atoms with E-state index in [2.05, 4.69) is 132 Å². The van der Waals surface area contributed by atoms with Crippen molar-refractivity contribution >= 4 is 0 Å². The molecule has 2 aliphatic rings. The van der Waals surface area contributed by atoms with Crippen LogP contribution in [0.3, 0.4) is 0 Å². The molecule has 10 rings (SSSR count). The number of hydrogen-bond donors (Lipinski definition) is 0. The second-order valence-corrected chi connectivity index (χ2v) is 12.7. The monoisotopic (exact) mass is 639 g/mol. The van der Waals surface area contributed by atoms with Gasteiger partial charge in [-0.25, -0.2) is 9.97 Å². The van der Waals surface area contributed by atoms with Gasteiger partial charge in [0.25, 0.3) is 0 Å². The molecule has 0 fully saturated rings. The Kier molecular flexibility index (Phi) is 6.36. The third-order valence-electron chi connectivity index (χ3n) is 10.1. The number of benzene rings is 6. The third kappa shape index (κ3) is 4.22. The molecule has 1 spiro atoms. The number of pyridine rings is 1. The fraction of sp³-hybridized carbons (Fsp3) is 0.0217. The molecule has 8 aromatic rings. The van der Waals surface area contributed by atoms with E-state index in [9.17, 15) is 0 Å². The summed E-state index contributed by atoms with van der Waals surface area (Å²) in [4.78, 5) is 14.6. The van der Waals surface area contributed by atoms with Crippen molar-refractivity contribution in [3.05, 3.63) is 198 Å². The summed E-state index contributed by atoms with van der Waals surface area (Å²) in [5.41, 5.74) is 13.4. The first-order chi connectivity index (χ1) is 24.8. The fourth-order valence-corrected chi connectivity index (χ4v) is 7.88. The average molecular weight is 640 g/mol. The molecule has 1 aliphatic carbocycles. The highest BCUT2D eigenvalue weighted by Crippen LogP contribution is 2.63. The van der Waals surface area contributed by atoms with Crippen LogP contribution >= 0.6 is 0 Å². The Morgan fingerprint density at radius 2 is 1.00 bits per heavy atom. The van der Waals surface area contributed by atoms with Gasteiger partial charge in [-0.1, -0.05) is 146 Å². The van der Waals surface area contributed by atoms with Crippen molar-refractivity contribution in [3.63, 3.8) is 0 Å². The lowest BCUT2D eigenvalue weighted by Gasteiger charge is -2.40. The zero-order valence-electron chi connectivity index (χ0n) is 27.0. The molecule has 0 saturated carbocycles. The number of aromatic nitrogens is 3. The van der Waals surface area contributed by atoms with Crippen molar-refractivity contribution in [2.45, 2.75) is 5.41 Å². The summed E-state index contributed by atoms with van der Waals surface area (Å²) < 4.78 is 6.89. The SMILES string of the molecule is c1ccc(-c2cc(-c3ccccn3)nc(-c3ccc(-c4cccc5c4Oc4ccccc4C54c5ccccc5-c5ccccc54)cc3)n2)cc1. The maximum Gasteiger partial charge on any atom is 0.160 e. The molecule has 4 nitrogen and oxygen atoms in total. The number of nitrogens with zero attached hydrogens (tertiary/aromatic N) is 3. The Bertz CT molecular complexity index is 2460. The standard InChI is InChI=1S/C46H29N3O/c1-2-13-31(14-3-1)41-29-42(40-22-10-11-28-47-40)49-45(48-41)32-26-24-30(25-27-32)33-17-12-21-39-44(33)50-43-23-9-8-20-38(43)46(39)36-18-6-4-15-34(36)35-16-5-7-19-37(35)46/h1-29H. The molecule has 2 aromatic heterocycles. The Morgan fingerprint density at radius 1 is 0.400 bits per heavy atom. The lowest BCUT2D eigenvalue weighted by atomic mass is 9.65. The molecule has 0 bridgehead atoms. The topological polar surface area (TPSA) is 47.9 Å². The van der Waals surface area contributed by atoms with Crippen LogP contribution in [-0.4, -0.2) is 15.0 Å². The van der Waals surface area contributed by atoms with Gasteiger partial charge in [-0.2, -0.15) is 0 Å². The van der Waals surface area contributed by atoms with Gasteiger partial charge in [0.2, 0.25) is 0 Å². The molecule has 6 aromatic carbocycles. The predicted octanol–water partition coefficient (Wildman–Crippen LogP) is 11.0. The minimum absolute atomic E-state index is 0.499. The molecule has 0 unspecified atom stereocenters. The molecule has 4 heteroatoms. The number of ether oxygens (including phenoxy) is 1. The van der Waals surface area contributed by atoms with Crippen LogP contribution in [0.5, 0.6) is 11.5 Å².